The van der Waals surface area contributed by atoms with Gasteiger partial charge < -0.3 is 8.60 Å². The molecule has 0 radical (unpaired) electrons. The molecule has 1 heterocycles. The van der Waals surface area contributed by atoms with E-state index in [1.54, 1.807) is 24.3 Å². The number of nitro benzene ring substituents is 1. The number of hydrogen-bond donors (Lipinski definition) is 0. The van der Waals surface area contributed by atoms with Gasteiger partial charge in [0.15, 0.2) is 11.3 Å². The predicted molar refractivity (Wildman–Crippen MR) is 100 cm³/mol. The highest BCUT2D eigenvalue weighted by atomic mass is 32.2. The molecule has 29 heavy (non-hydrogen) atoms. The van der Waals surface area contributed by atoms with E-state index in [0.717, 1.165) is 42.5 Å². The van der Waals surface area contributed by atoms with Crippen LogP contribution in [0.5, 0.6) is 5.75 Å². The van der Waals surface area contributed by atoms with Crippen molar-refractivity contribution in [2.45, 2.75) is 4.90 Å². The molecule has 0 saturated heterocycles. The van der Waals surface area contributed by atoms with Gasteiger partial charge in [0.2, 0.25) is 5.89 Å². The summed E-state index contributed by atoms with van der Waals surface area (Å²) in [4.78, 5) is 14.5. The first-order chi connectivity index (χ1) is 13.8. The number of aromatic nitrogens is 1. The normalized spacial score (nSPS) is 11.5. The molecule has 8 nitrogen and oxygen atoms in total. The fraction of sp³-hybridized carbons (Fsp3) is 0. The van der Waals surface area contributed by atoms with Crippen molar-refractivity contribution in [2.75, 3.05) is 0 Å². The minimum atomic E-state index is -4.33. The standard InChI is InChI=1S/C19H11FN2O6S/c20-12-5-8-14(9-6-12)29(25,26)28-17-10-7-13(22(23)24)11-15(17)19-21-16-3-1-2-4-18(16)27-19/h1-11H. The lowest BCUT2D eigenvalue weighted by molar-refractivity contribution is -0.384. The van der Waals surface area contributed by atoms with Gasteiger partial charge in [-0.2, -0.15) is 8.42 Å². The molecule has 0 aliphatic carbocycles. The maximum Gasteiger partial charge on any atom is 0.339 e. The summed E-state index contributed by atoms with van der Waals surface area (Å²) in [6.07, 6.45) is 0. The van der Waals surface area contributed by atoms with Crippen molar-refractivity contribution in [3.63, 3.8) is 0 Å². The van der Waals surface area contributed by atoms with E-state index >= 15 is 0 Å². The van der Waals surface area contributed by atoms with Gasteiger partial charge in [-0.1, -0.05) is 12.1 Å². The summed E-state index contributed by atoms with van der Waals surface area (Å²) < 4.78 is 49.0. The van der Waals surface area contributed by atoms with Crippen LogP contribution in [-0.2, 0) is 10.1 Å². The topological polar surface area (TPSA) is 113 Å². The van der Waals surface area contributed by atoms with E-state index in [0.29, 0.717) is 11.1 Å². The van der Waals surface area contributed by atoms with E-state index in [4.69, 9.17) is 8.60 Å². The lowest BCUT2D eigenvalue weighted by Gasteiger charge is -2.10. The molecule has 4 aromatic rings. The van der Waals surface area contributed by atoms with E-state index in [9.17, 15) is 22.9 Å². The summed E-state index contributed by atoms with van der Waals surface area (Å²) in [7, 11) is -4.33. The number of nitro groups is 1. The van der Waals surface area contributed by atoms with Gasteiger partial charge in [-0.3, -0.25) is 10.1 Å². The first kappa shape index (κ1) is 18.6. The van der Waals surface area contributed by atoms with Crippen molar-refractivity contribution in [2.24, 2.45) is 0 Å². The number of fused-ring (bicyclic) bond motifs is 1. The molecular weight excluding hydrogens is 403 g/mol. The van der Waals surface area contributed by atoms with E-state index < -0.39 is 20.9 Å². The zero-order chi connectivity index (χ0) is 20.6. The molecule has 0 amide bonds. The number of oxazole rings is 1. The smallest absolute Gasteiger partial charge is 0.339 e. The van der Waals surface area contributed by atoms with Gasteiger partial charge in [0.1, 0.15) is 16.2 Å². The molecule has 4 rings (SSSR count). The molecule has 146 valence electrons. The van der Waals surface area contributed by atoms with Crippen LogP contribution in [0.4, 0.5) is 10.1 Å². The number of halogens is 1. The molecule has 10 heteroatoms. The van der Waals surface area contributed by atoms with Crippen LogP contribution in [-0.4, -0.2) is 18.3 Å². The van der Waals surface area contributed by atoms with Crippen LogP contribution in [0.1, 0.15) is 0 Å². The monoisotopic (exact) mass is 414 g/mol. The Morgan fingerprint density at radius 1 is 1.03 bits per heavy atom. The Kier molecular flexibility index (Phi) is 4.47. The van der Waals surface area contributed by atoms with Gasteiger partial charge in [0.25, 0.3) is 5.69 Å². The number of benzene rings is 3. The second-order valence-corrected chi connectivity index (χ2v) is 7.46. The highest BCUT2D eigenvalue weighted by Crippen LogP contribution is 2.36. The summed E-state index contributed by atoms with van der Waals surface area (Å²) in [5.41, 5.74) is 0.595. The molecule has 0 N–H and O–H groups in total. The Hall–Kier alpha value is -3.79. The molecule has 0 fully saturated rings. The van der Waals surface area contributed by atoms with Crippen LogP contribution in [0.2, 0.25) is 0 Å². The van der Waals surface area contributed by atoms with Gasteiger partial charge >= 0.3 is 10.1 Å². The number of nitrogens with zero attached hydrogens (tertiary/aromatic N) is 2. The third kappa shape index (κ3) is 3.65. The Balaban J connectivity index is 1.82. The van der Waals surface area contributed by atoms with Gasteiger partial charge in [-0.25, -0.2) is 9.37 Å². The molecular formula is C19H11FN2O6S. The average molecular weight is 414 g/mol. The zero-order valence-electron chi connectivity index (χ0n) is 14.5. The average Bonchev–Trinajstić information content (AvgIpc) is 3.12. The molecule has 0 spiro atoms. The largest absolute Gasteiger partial charge is 0.436 e. The SMILES string of the molecule is O=[N+]([O-])c1ccc(OS(=O)(=O)c2ccc(F)cc2)c(-c2nc3ccccc3o2)c1. The number of hydrogen-bond acceptors (Lipinski definition) is 7. The molecule has 0 atom stereocenters. The third-order valence-corrected chi connectivity index (χ3v) is 5.25. The lowest BCUT2D eigenvalue weighted by atomic mass is 10.2. The molecule has 3 aromatic carbocycles. The molecule has 1 aromatic heterocycles. The predicted octanol–water partition coefficient (Wildman–Crippen LogP) is 4.31. The van der Waals surface area contributed by atoms with E-state index in [-0.39, 0.29) is 27.8 Å². The van der Waals surface area contributed by atoms with E-state index in [1.165, 1.54) is 0 Å². The Morgan fingerprint density at radius 2 is 1.76 bits per heavy atom. The fourth-order valence-corrected chi connectivity index (χ4v) is 3.57. The quantitative estimate of drug-likeness (QED) is 0.272. The Labute approximate surface area is 163 Å². The third-order valence-electron chi connectivity index (χ3n) is 4.00. The summed E-state index contributed by atoms with van der Waals surface area (Å²) in [6.45, 7) is 0. The van der Waals surface area contributed by atoms with Crippen molar-refractivity contribution in [3.05, 3.63) is 82.7 Å². The minimum Gasteiger partial charge on any atom is -0.436 e. The molecule has 0 aliphatic heterocycles. The van der Waals surface area contributed by atoms with Gasteiger partial charge in [0.05, 0.1) is 10.5 Å². The van der Waals surface area contributed by atoms with E-state index in [1.807, 2.05) is 0 Å². The first-order valence-electron chi connectivity index (χ1n) is 8.18. The van der Waals surface area contributed by atoms with Gasteiger partial charge in [-0.15, -0.1) is 0 Å². The minimum absolute atomic E-state index is 0.0129. The second-order valence-electron chi connectivity index (χ2n) is 5.92. The number of rotatable bonds is 5. The van der Waals surface area contributed by atoms with Crippen LogP contribution in [0.15, 0.2) is 76.0 Å². The number of para-hydroxylation sites is 2. The first-order valence-corrected chi connectivity index (χ1v) is 9.59. The second kappa shape index (κ2) is 6.99. The molecule has 0 saturated carbocycles. The molecule has 0 aliphatic rings. The summed E-state index contributed by atoms with van der Waals surface area (Å²) >= 11 is 0. The zero-order valence-corrected chi connectivity index (χ0v) is 15.3. The van der Waals surface area contributed by atoms with Crippen molar-refractivity contribution in [1.82, 2.24) is 4.98 Å². The van der Waals surface area contributed by atoms with Crippen LogP contribution < -0.4 is 4.18 Å². The van der Waals surface area contributed by atoms with Crippen molar-refractivity contribution in [1.29, 1.82) is 0 Å². The van der Waals surface area contributed by atoms with Crippen LogP contribution in [0.3, 0.4) is 0 Å². The fourth-order valence-electron chi connectivity index (χ4n) is 2.63. The van der Waals surface area contributed by atoms with Crippen molar-refractivity contribution < 1.29 is 26.3 Å². The maximum absolute atomic E-state index is 13.1. The van der Waals surface area contributed by atoms with Crippen molar-refractivity contribution >= 4 is 26.9 Å². The lowest BCUT2D eigenvalue weighted by Crippen LogP contribution is -2.10. The Morgan fingerprint density at radius 3 is 2.45 bits per heavy atom. The maximum atomic E-state index is 13.1. The van der Waals surface area contributed by atoms with Crippen LogP contribution in [0, 0.1) is 15.9 Å². The number of non-ortho nitro benzene ring substituents is 1. The van der Waals surface area contributed by atoms with Crippen LogP contribution >= 0.6 is 0 Å². The van der Waals surface area contributed by atoms with Gasteiger partial charge in [-0.05, 0) is 42.5 Å². The Bertz CT molecular complexity index is 1300. The van der Waals surface area contributed by atoms with Crippen molar-refractivity contribution in [3.8, 4) is 17.2 Å². The highest BCUT2D eigenvalue weighted by molar-refractivity contribution is 7.87. The van der Waals surface area contributed by atoms with E-state index in [2.05, 4.69) is 4.98 Å². The summed E-state index contributed by atoms with van der Waals surface area (Å²) in [5, 5.41) is 11.2. The molecule has 0 bridgehead atoms. The highest BCUT2D eigenvalue weighted by Gasteiger charge is 2.23. The molecule has 0 unspecified atom stereocenters. The summed E-state index contributed by atoms with van der Waals surface area (Å²) in [6, 6.07) is 14.2. The summed E-state index contributed by atoms with van der Waals surface area (Å²) in [5.74, 6) is -0.864. The van der Waals surface area contributed by atoms with Gasteiger partial charge in [0, 0.05) is 12.1 Å². The van der Waals surface area contributed by atoms with Crippen LogP contribution in [0.25, 0.3) is 22.6 Å².